The molecule has 0 amide bonds. The average molecular weight is 213 g/mol. The third kappa shape index (κ3) is 7.29. The molecule has 11 heavy (non-hydrogen) atoms. The van der Waals surface area contributed by atoms with Gasteiger partial charge < -0.3 is 4.52 Å². The minimum absolute atomic E-state index is 0.0967. The molecule has 0 heterocycles. The zero-order valence-corrected chi connectivity index (χ0v) is 9.98. The van der Waals surface area contributed by atoms with Gasteiger partial charge in [0.2, 0.25) is 0 Å². The Kier molecular flexibility index (Phi) is 4.59. The Morgan fingerprint density at radius 2 is 2.00 bits per heavy atom. The molecule has 0 fully saturated rings. The van der Waals surface area contributed by atoms with Crippen molar-refractivity contribution >= 4 is 28.8 Å². The maximum absolute atomic E-state index is 5.78. The quantitative estimate of drug-likeness (QED) is 0.731. The maximum Gasteiger partial charge on any atom is 0.183 e. The van der Waals surface area contributed by atoms with Gasteiger partial charge in [0, 0.05) is 4.75 Å². The van der Waals surface area contributed by atoms with Crippen molar-refractivity contribution in [3.8, 4) is 0 Å². The molecule has 0 saturated carbocycles. The Morgan fingerprint density at radius 3 is 2.27 bits per heavy atom. The van der Waals surface area contributed by atoms with Crippen molar-refractivity contribution < 1.29 is 4.52 Å². The van der Waals surface area contributed by atoms with Crippen molar-refractivity contribution in [1.82, 2.24) is 0 Å². The van der Waals surface area contributed by atoms with Crippen LogP contribution in [0.15, 0.2) is 0 Å². The van der Waals surface area contributed by atoms with Gasteiger partial charge in [-0.3, -0.25) is 5.50 Å². The summed E-state index contributed by atoms with van der Waals surface area (Å²) in [5, 5.41) is 0. The van der Waals surface area contributed by atoms with Gasteiger partial charge in [-0.05, 0) is 18.7 Å². The van der Waals surface area contributed by atoms with Crippen LogP contribution in [-0.4, -0.2) is 11.4 Å². The fraction of sp³-hybridized carbons (Fsp3) is 1.00. The number of nitrogens with two attached hydrogens (primary N) is 1. The second-order valence-corrected chi connectivity index (χ2v) is 10.4. The van der Waals surface area contributed by atoms with E-state index in [4.69, 9.17) is 21.8 Å². The topological polar surface area (TPSA) is 35.2 Å². The molecule has 1 atom stereocenters. The highest BCUT2D eigenvalue weighted by atomic mass is 32.9. The monoisotopic (exact) mass is 213 g/mol. The van der Waals surface area contributed by atoms with Crippen LogP contribution in [0.5, 0.6) is 0 Å². The Hall–Kier alpha value is 0.920. The van der Waals surface area contributed by atoms with E-state index in [1.54, 1.807) is 11.4 Å². The first kappa shape index (κ1) is 11.9. The lowest BCUT2D eigenvalue weighted by atomic mass is 10.3. The van der Waals surface area contributed by atoms with Gasteiger partial charge in [0.15, 0.2) is 5.62 Å². The molecule has 2 N–H and O–H groups in total. The molecular weight excluding hydrogens is 197 g/mol. The van der Waals surface area contributed by atoms with Crippen LogP contribution >= 0.6 is 17.0 Å². The van der Waals surface area contributed by atoms with Crippen LogP contribution in [0.4, 0.5) is 0 Å². The van der Waals surface area contributed by atoms with Gasteiger partial charge >= 0.3 is 0 Å². The summed E-state index contributed by atoms with van der Waals surface area (Å²) in [6, 6.07) is 0. The fourth-order valence-corrected chi connectivity index (χ4v) is 6.86. The summed E-state index contributed by atoms with van der Waals surface area (Å²) in [7, 11) is 0. The van der Waals surface area contributed by atoms with Crippen molar-refractivity contribution in [2.45, 2.75) is 32.4 Å². The second kappa shape index (κ2) is 4.24. The Labute approximate surface area is 78.2 Å². The molecule has 0 radical (unpaired) electrons. The highest BCUT2D eigenvalue weighted by Gasteiger charge is 2.21. The zero-order chi connectivity index (χ0) is 9.12. The number of hydrogen-bond acceptors (Lipinski definition) is 3. The largest absolute Gasteiger partial charge is 0.331 e. The molecule has 0 bridgehead atoms. The minimum Gasteiger partial charge on any atom is -0.331 e. The molecule has 1 unspecified atom stereocenters. The molecule has 0 aromatic rings. The lowest BCUT2D eigenvalue weighted by Gasteiger charge is -2.24. The summed E-state index contributed by atoms with van der Waals surface area (Å²) >= 11 is 6.69. The molecule has 0 saturated heterocycles. The molecule has 0 spiro atoms. The van der Waals surface area contributed by atoms with Crippen LogP contribution in [0.1, 0.15) is 27.7 Å². The lowest BCUT2D eigenvalue weighted by Crippen LogP contribution is -2.10. The fourth-order valence-electron chi connectivity index (χ4n) is 0.588. The van der Waals surface area contributed by atoms with Crippen LogP contribution < -0.4 is 5.50 Å². The van der Waals surface area contributed by atoms with Crippen molar-refractivity contribution in [3.63, 3.8) is 0 Å². The summed E-state index contributed by atoms with van der Waals surface area (Å²) in [4.78, 5) is 0. The van der Waals surface area contributed by atoms with Gasteiger partial charge in [0.25, 0.3) is 0 Å². The van der Waals surface area contributed by atoms with Crippen LogP contribution in [-0.2, 0) is 16.3 Å². The third-order valence-corrected chi connectivity index (χ3v) is 5.84. The normalized spacial score (nSPS) is 17.9. The summed E-state index contributed by atoms with van der Waals surface area (Å²) in [5.41, 5.74) is 3.72. The van der Waals surface area contributed by atoms with Gasteiger partial charge in [-0.1, -0.05) is 32.2 Å². The van der Waals surface area contributed by atoms with Gasteiger partial charge in [0.1, 0.15) is 0 Å². The first-order chi connectivity index (χ1) is 4.77. The highest BCUT2D eigenvalue weighted by molar-refractivity contribution is 8.69. The molecule has 0 aromatic heterocycles. The molecule has 0 aliphatic rings. The van der Waals surface area contributed by atoms with E-state index in [1.807, 2.05) is 6.92 Å². The first-order valence-electron chi connectivity index (χ1n) is 3.51. The Morgan fingerprint density at radius 1 is 1.55 bits per heavy atom. The van der Waals surface area contributed by atoms with E-state index in [0.29, 0.717) is 6.61 Å². The molecule has 0 aliphatic heterocycles. The van der Waals surface area contributed by atoms with E-state index >= 15 is 0 Å². The first-order valence-corrected chi connectivity index (χ1v) is 7.72. The van der Waals surface area contributed by atoms with E-state index in [2.05, 4.69) is 20.8 Å². The predicted molar refractivity (Wildman–Crippen MR) is 57.4 cm³/mol. The number of hydrogen-bond donors (Lipinski definition) is 1. The zero-order valence-electron chi connectivity index (χ0n) is 7.46. The van der Waals surface area contributed by atoms with Crippen LogP contribution in [0.3, 0.4) is 0 Å². The number of rotatable bonds is 3. The van der Waals surface area contributed by atoms with Gasteiger partial charge in [-0.25, -0.2) is 0 Å². The Bertz CT molecular complexity index is 166. The van der Waals surface area contributed by atoms with E-state index in [9.17, 15) is 0 Å². The van der Waals surface area contributed by atoms with Gasteiger partial charge in [-0.2, -0.15) is 0 Å². The van der Waals surface area contributed by atoms with E-state index in [0.717, 1.165) is 0 Å². The average Bonchev–Trinajstić information content (AvgIpc) is 1.55. The predicted octanol–water partition coefficient (Wildman–Crippen LogP) is 2.74. The summed E-state index contributed by atoms with van der Waals surface area (Å²) in [5.74, 6) is 0. The highest BCUT2D eigenvalue weighted by Crippen LogP contribution is 2.57. The van der Waals surface area contributed by atoms with Crippen molar-refractivity contribution in [1.29, 1.82) is 0 Å². The molecule has 0 aromatic carbocycles. The minimum atomic E-state index is -2.06. The van der Waals surface area contributed by atoms with Gasteiger partial charge in [0.05, 0.1) is 6.61 Å². The molecule has 0 rings (SSSR count). The molecule has 2 nitrogen and oxygen atoms in total. The van der Waals surface area contributed by atoms with Crippen LogP contribution in [0, 0.1) is 0 Å². The summed E-state index contributed by atoms with van der Waals surface area (Å²) in [6.07, 6.45) is 0. The Balaban J connectivity index is 4.03. The third-order valence-electron chi connectivity index (χ3n) is 0.710. The molecule has 68 valence electrons. The standard InChI is InChI=1S/C6H16NOPS2/c1-5-8-9(7,10)11-6(2,3)4/h5H2,1-4H3,(H2,7,10). The summed E-state index contributed by atoms with van der Waals surface area (Å²) < 4.78 is 5.37. The maximum atomic E-state index is 5.78. The van der Waals surface area contributed by atoms with E-state index < -0.39 is 5.62 Å². The summed E-state index contributed by atoms with van der Waals surface area (Å²) in [6.45, 7) is 8.79. The molecule has 0 aliphatic carbocycles. The SMILES string of the molecule is CCOP(N)(=S)SC(C)(C)C. The van der Waals surface area contributed by atoms with E-state index in [-0.39, 0.29) is 4.75 Å². The lowest BCUT2D eigenvalue weighted by molar-refractivity contribution is 0.385. The van der Waals surface area contributed by atoms with Crippen molar-refractivity contribution in [2.75, 3.05) is 6.61 Å². The van der Waals surface area contributed by atoms with Crippen molar-refractivity contribution in [3.05, 3.63) is 0 Å². The molecular formula is C6H16NOPS2. The van der Waals surface area contributed by atoms with Crippen LogP contribution in [0.2, 0.25) is 0 Å². The molecule has 5 heteroatoms. The second-order valence-electron chi connectivity index (χ2n) is 3.16. The van der Waals surface area contributed by atoms with Gasteiger partial charge in [-0.15, -0.1) is 0 Å². The smallest absolute Gasteiger partial charge is 0.183 e. The van der Waals surface area contributed by atoms with Crippen molar-refractivity contribution in [2.24, 2.45) is 5.50 Å². The van der Waals surface area contributed by atoms with E-state index in [1.165, 1.54) is 0 Å². The van der Waals surface area contributed by atoms with Crippen LogP contribution in [0.25, 0.3) is 0 Å².